The second-order valence-corrected chi connectivity index (χ2v) is 4.42. The molecule has 98 valence electrons. The van der Waals surface area contributed by atoms with Crippen LogP contribution in [0.4, 0.5) is 0 Å². The summed E-state index contributed by atoms with van der Waals surface area (Å²) in [7, 11) is 1.58. The number of carboxylic acid groups (broad SMARTS) is 1. The van der Waals surface area contributed by atoms with Gasteiger partial charge in [-0.05, 0) is 44.0 Å². The number of carboxylic acids is 1. The van der Waals surface area contributed by atoms with Crippen molar-refractivity contribution in [2.24, 2.45) is 5.16 Å². The van der Waals surface area contributed by atoms with Crippen molar-refractivity contribution >= 4 is 12.2 Å². The quantitative estimate of drug-likeness (QED) is 0.643. The fraction of sp³-hybridized carbons (Fsp3) is 0.385. The Hall–Kier alpha value is -2.04. The highest BCUT2D eigenvalue weighted by molar-refractivity contribution is 5.80. The maximum atomic E-state index is 10.8. The fourth-order valence-electron chi connectivity index (χ4n) is 1.23. The van der Waals surface area contributed by atoms with Crippen molar-refractivity contribution in [3.8, 4) is 5.75 Å². The van der Waals surface area contributed by atoms with E-state index in [-0.39, 0.29) is 0 Å². The van der Waals surface area contributed by atoms with E-state index in [4.69, 9.17) is 14.7 Å². The first-order valence-corrected chi connectivity index (χ1v) is 5.46. The van der Waals surface area contributed by atoms with Gasteiger partial charge in [0.05, 0.1) is 13.3 Å². The minimum absolute atomic E-state index is 0.717. The molecule has 0 heterocycles. The van der Waals surface area contributed by atoms with Crippen molar-refractivity contribution in [2.45, 2.75) is 26.4 Å². The second kappa shape index (κ2) is 5.53. The van der Waals surface area contributed by atoms with Crippen LogP contribution in [0.2, 0.25) is 0 Å². The molecule has 0 atom stereocenters. The van der Waals surface area contributed by atoms with Gasteiger partial charge in [0.15, 0.2) is 0 Å². The summed E-state index contributed by atoms with van der Waals surface area (Å²) in [4.78, 5) is 15.7. The summed E-state index contributed by atoms with van der Waals surface area (Å²) in [6.45, 7) is 4.80. The number of nitrogens with zero attached hydrogens (tertiary/aromatic N) is 1. The molecule has 0 unspecified atom stereocenters. The van der Waals surface area contributed by atoms with Gasteiger partial charge in [-0.3, -0.25) is 0 Å². The molecule has 1 aromatic rings. The normalized spacial score (nSPS) is 11.6. The summed E-state index contributed by atoms with van der Waals surface area (Å²) >= 11 is 0. The van der Waals surface area contributed by atoms with Gasteiger partial charge in [-0.2, -0.15) is 0 Å². The summed E-state index contributed by atoms with van der Waals surface area (Å²) in [6, 6.07) is 5.57. The topological polar surface area (TPSA) is 68.1 Å². The van der Waals surface area contributed by atoms with Crippen LogP contribution in [-0.2, 0) is 9.63 Å². The van der Waals surface area contributed by atoms with Gasteiger partial charge in [0, 0.05) is 0 Å². The van der Waals surface area contributed by atoms with Crippen LogP contribution in [0.25, 0.3) is 0 Å². The molecule has 0 aromatic heterocycles. The molecule has 0 saturated heterocycles. The maximum absolute atomic E-state index is 10.8. The summed E-state index contributed by atoms with van der Waals surface area (Å²) in [5.74, 6) is -0.351. The van der Waals surface area contributed by atoms with Crippen molar-refractivity contribution in [2.75, 3.05) is 7.11 Å². The Bertz CT molecular complexity index is 466. The van der Waals surface area contributed by atoms with E-state index >= 15 is 0 Å². The van der Waals surface area contributed by atoms with Crippen LogP contribution in [0.3, 0.4) is 0 Å². The zero-order valence-electron chi connectivity index (χ0n) is 10.9. The van der Waals surface area contributed by atoms with Gasteiger partial charge in [0.25, 0.3) is 0 Å². The van der Waals surface area contributed by atoms with E-state index in [1.165, 1.54) is 20.1 Å². The number of oxime groups is 1. The number of carbonyl (C=O) groups is 1. The largest absolute Gasteiger partial charge is 0.497 e. The van der Waals surface area contributed by atoms with Gasteiger partial charge in [0.2, 0.25) is 5.60 Å². The molecular formula is C13H17NO4. The number of hydrogen-bond acceptors (Lipinski definition) is 4. The Morgan fingerprint density at radius 1 is 1.39 bits per heavy atom. The molecule has 1 rings (SSSR count). The zero-order valence-corrected chi connectivity index (χ0v) is 10.9. The average Bonchev–Trinajstić information content (AvgIpc) is 2.27. The van der Waals surface area contributed by atoms with Crippen LogP contribution in [0.15, 0.2) is 23.4 Å². The maximum Gasteiger partial charge on any atom is 0.350 e. The minimum Gasteiger partial charge on any atom is -0.497 e. The standard InChI is InChI=1S/C13H17NO4/c1-9-5-10(7-11(6-9)17-4)8-14-18-13(2,3)12(15)16/h5-8H,1-4H3,(H,15,16)/b14-8+. The summed E-state index contributed by atoms with van der Waals surface area (Å²) < 4.78 is 5.12. The van der Waals surface area contributed by atoms with E-state index in [9.17, 15) is 4.79 Å². The lowest BCUT2D eigenvalue weighted by Crippen LogP contribution is -2.32. The summed E-state index contributed by atoms with van der Waals surface area (Å²) in [5.41, 5.74) is 0.464. The molecular weight excluding hydrogens is 234 g/mol. The lowest BCUT2D eigenvalue weighted by atomic mass is 10.1. The molecule has 18 heavy (non-hydrogen) atoms. The molecule has 5 nitrogen and oxygen atoms in total. The van der Waals surface area contributed by atoms with Crippen LogP contribution in [0.1, 0.15) is 25.0 Å². The predicted molar refractivity (Wildman–Crippen MR) is 68.1 cm³/mol. The van der Waals surface area contributed by atoms with E-state index in [2.05, 4.69) is 5.16 Å². The molecule has 0 fully saturated rings. The van der Waals surface area contributed by atoms with E-state index in [0.29, 0.717) is 5.75 Å². The third-order valence-electron chi connectivity index (χ3n) is 2.31. The molecule has 0 radical (unpaired) electrons. The number of ether oxygens (including phenoxy) is 1. The van der Waals surface area contributed by atoms with Crippen molar-refractivity contribution < 1.29 is 19.5 Å². The van der Waals surface area contributed by atoms with Gasteiger partial charge in [-0.15, -0.1) is 0 Å². The van der Waals surface area contributed by atoms with Crippen molar-refractivity contribution in [1.29, 1.82) is 0 Å². The Morgan fingerprint density at radius 3 is 2.61 bits per heavy atom. The number of benzene rings is 1. The summed E-state index contributed by atoms with van der Waals surface area (Å²) in [5, 5.41) is 12.5. The number of aliphatic carboxylic acids is 1. The van der Waals surface area contributed by atoms with E-state index in [1.54, 1.807) is 13.2 Å². The monoisotopic (exact) mass is 251 g/mol. The molecule has 0 aliphatic carbocycles. The molecule has 0 aliphatic heterocycles. The first-order chi connectivity index (χ1) is 8.35. The molecule has 0 amide bonds. The Balaban J connectivity index is 2.79. The van der Waals surface area contributed by atoms with Crippen LogP contribution in [0, 0.1) is 6.92 Å². The highest BCUT2D eigenvalue weighted by atomic mass is 16.7. The highest BCUT2D eigenvalue weighted by Gasteiger charge is 2.29. The average molecular weight is 251 g/mol. The van der Waals surface area contributed by atoms with Crippen molar-refractivity contribution in [1.82, 2.24) is 0 Å². The molecule has 0 spiro atoms. The number of methoxy groups -OCH3 is 1. The second-order valence-electron chi connectivity index (χ2n) is 4.42. The Morgan fingerprint density at radius 2 is 2.06 bits per heavy atom. The minimum atomic E-state index is -1.34. The number of hydrogen-bond donors (Lipinski definition) is 1. The van der Waals surface area contributed by atoms with E-state index < -0.39 is 11.6 Å². The smallest absolute Gasteiger partial charge is 0.350 e. The number of rotatable bonds is 5. The molecule has 5 heteroatoms. The lowest BCUT2D eigenvalue weighted by molar-refractivity contribution is -0.161. The van der Waals surface area contributed by atoms with Crippen LogP contribution >= 0.6 is 0 Å². The number of aryl methyl sites for hydroxylation is 1. The van der Waals surface area contributed by atoms with Gasteiger partial charge in [0.1, 0.15) is 5.75 Å². The van der Waals surface area contributed by atoms with Gasteiger partial charge in [-0.25, -0.2) is 4.79 Å². The van der Waals surface area contributed by atoms with Crippen LogP contribution in [-0.4, -0.2) is 30.0 Å². The first-order valence-electron chi connectivity index (χ1n) is 5.46. The van der Waals surface area contributed by atoms with Gasteiger partial charge in [-0.1, -0.05) is 11.2 Å². The SMILES string of the molecule is COc1cc(C)cc(/C=N/OC(C)(C)C(=O)O)c1. The van der Waals surface area contributed by atoms with Crippen molar-refractivity contribution in [3.63, 3.8) is 0 Å². The fourth-order valence-corrected chi connectivity index (χ4v) is 1.23. The Kier molecular flexibility index (Phi) is 4.31. The zero-order chi connectivity index (χ0) is 13.8. The lowest BCUT2D eigenvalue weighted by Gasteiger charge is -2.15. The molecule has 1 aromatic carbocycles. The van der Waals surface area contributed by atoms with E-state index in [0.717, 1.165) is 11.1 Å². The molecule has 0 saturated carbocycles. The third-order valence-corrected chi connectivity index (χ3v) is 2.31. The van der Waals surface area contributed by atoms with Crippen molar-refractivity contribution in [3.05, 3.63) is 29.3 Å². The van der Waals surface area contributed by atoms with Crippen LogP contribution < -0.4 is 4.74 Å². The predicted octanol–water partition coefficient (Wildman–Crippen LogP) is 2.22. The summed E-state index contributed by atoms with van der Waals surface area (Å²) in [6.07, 6.45) is 1.46. The van der Waals surface area contributed by atoms with Gasteiger partial charge >= 0.3 is 5.97 Å². The molecule has 0 aliphatic rings. The molecule has 1 N–H and O–H groups in total. The highest BCUT2D eigenvalue weighted by Crippen LogP contribution is 2.15. The first kappa shape index (κ1) is 14.0. The Labute approximate surface area is 106 Å². The molecule has 0 bridgehead atoms. The van der Waals surface area contributed by atoms with Crippen LogP contribution in [0.5, 0.6) is 5.75 Å². The third kappa shape index (κ3) is 3.76. The van der Waals surface area contributed by atoms with Gasteiger partial charge < -0.3 is 14.7 Å². The van der Waals surface area contributed by atoms with E-state index in [1.807, 2.05) is 19.1 Å².